The molecule has 20 heavy (non-hydrogen) atoms. The molecule has 0 aromatic heterocycles. The number of benzene rings is 2. The number of aliphatic hydroxyl groups excluding tert-OH is 1. The minimum Gasteiger partial charge on any atom is -0.497 e. The smallest absolute Gasteiger partial charge is 0.119 e. The topological polar surface area (TPSA) is 38.7 Å². The van der Waals surface area contributed by atoms with Gasteiger partial charge in [-0.3, -0.25) is 0 Å². The lowest BCUT2D eigenvalue weighted by Gasteiger charge is -2.10. The summed E-state index contributed by atoms with van der Waals surface area (Å²) in [5.74, 6) is 1.64. The van der Waals surface area contributed by atoms with Gasteiger partial charge in [-0.2, -0.15) is 0 Å². The van der Waals surface area contributed by atoms with Gasteiger partial charge >= 0.3 is 0 Å². The molecule has 3 heteroatoms. The van der Waals surface area contributed by atoms with Gasteiger partial charge < -0.3 is 14.6 Å². The lowest BCUT2D eigenvalue weighted by molar-refractivity contribution is 0.173. The third kappa shape index (κ3) is 3.75. The maximum atomic E-state index is 9.72. The molecule has 3 nitrogen and oxygen atoms in total. The van der Waals surface area contributed by atoms with E-state index in [1.165, 1.54) is 0 Å². The minimum absolute atomic E-state index is 0.398. The van der Waals surface area contributed by atoms with Crippen molar-refractivity contribution in [3.63, 3.8) is 0 Å². The van der Waals surface area contributed by atoms with Crippen LogP contribution in [0.15, 0.2) is 48.5 Å². The summed E-state index contributed by atoms with van der Waals surface area (Å²) in [6, 6.07) is 15.4. The first-order valence-electron chi connectivity index (χ1n) is 6.76. The molecule has 106 valence electrons. The highest BCUT2D eigenvalue weighted by Gasteiger charge is 2.04. The van der Waals surface area contributed by atoms with Gasteiger partial charge in [0.1, 0.15) is 18.1 Å². The van der Waals surface area contributed by atoms with Crippen LogP contribution in [0.5, 0.6) is 11.5 Å². The summed E-state index contributed by atoms with van der Waals surface area (Å²) in [4.78, 5) is 0. The van der Waals surface area contributed by atoms with Crippen LogP contribution in [0.2, 0.25) is 0 Å². The van der Waals surface area contributed by atoms with Crippen molar-refractivity contribution in [2.24, 2.45) is 0 Å². The van der Waals surface area contributed by atoms with Gasteiger partial charge in [0.2, 0.25) is 0 Å². The average molecular weight is 272 g/mol. The zero-order valence-corrected chi connectivity index (χ0v) is 11.9. The van der Waals surface area contributed by atoms with Crippen LogP contribution in [-0.4, -0.2) is 12.2 Å². The molecule has 0 heterocycles. The molecule has 2 rings (SSSR count). The number of rotatable bonds is 6. The fourth-order valence-corrected chi connectivity index (χ4v) is 1.91. The monoisotopic (exact) mass is 272 g/mol. The van der Waals surface area contributed by atoms with Gasteiger partial charge in [0, 0.05) is 0 Å². The standard InChI is InChI=1S/C17H20O3/c1-3-17(18)14-6-10-16(11-7-14)20-12-13-4-8-15(19-2)9-5-13/h4-11,17-18H,3,12H2,1-2H3/t17-/m0/s1. The summed E-state index contributed by atoms with van der Waals surface area (Å²) in [5, 5.41) is 9.72. The van der Waals surface area contributed by atoms with E-state index in [0.717, 1.165) is 22.6 Å². The van der Waals surface area contributed by atoms with Crippen molar-refractivity contribution in [2.45, 2.75) is 26.1 Å². The first-order valence-corrected chi connectivity index (χ1v) is 6.76. The van der Waals surface area contributed by atoms with E-state index in [1.807, 2.05) is 55.5 Å². The normalized spacial score (nSPS) is 11.9. The molecule has 0 bridgehead atoms. The zero-order valence-electron chi connectivity index (χ0n) is 11.9. The molecule has 0 saturated carbocycles. The first kappa shape index (κ1) is 14.4. The molecule has 0 saturated heterocycles. The van der Waals surface area contributed by atoms with Gasteiger partial charge in [0.25, 0.3) is 0 Å². The Morgan fingerprint density at radius 3 is 2.10 bits per heavy atom. The Kier molecular flexibility index (Phi) is 5.02. The molecule has 1 atom stereocenters. The highest BCUT2D eigenvalue weighted by molar-refractivity contribution is 5.30. The van der Waals surface area contributed by atoms with Crippen molar-refractivity contribution in [3.05, 3.63) is 59.7 Å². The van der Waals surface area contributed by atoms with Gasteiger partial charge in [0.15, 0.2) is 0 Å². The van der Waals surface area contributed by atoms with Crippen LogP contribution < -0.4 is 9.47 Å². The predicted molar refractivity (Wildman–Crippen MR) is 79.0 cm³/mol. The molecule has 0 amide bonds. The van der Waals surface area contributed by atoms with E-state index in [1.54, 1.807) is 7.11 Å². The van der Waals surface area contributed by atoms with Crippen LogP contribution >= 0.6 is 0 Å². The van der Waals surface area contributed by atoms with Crippen molar-refractivity contribution in [3.8, 4) is 11.5 Å². The fraction of sp³-hybridized carbons (Fsp3) is 0.294. The van der Waals surface area contributed by atoms with E-state index in [0.29, 0.717) is 13.0 Å². The highest BCUT2D eigenvalue weighted by Crippen LogP contribution is 2.21. The van der Waals surface area contributed by atoms with Crippen molar-refractivity contribution < 1.29 is 14.6 Å². The zero-order chi connectivity index (χ0) is 14.4. The molecular formula is C17H20O3. The van der Waals surface area contributed by atoms with Gasteiger partial charge in [-0.25, -0.2) is 0 Å². The summed E-state index contributed by atoms with van der Waals surface area (Å²) in [6.07, 6.45) is 0.317. The maximum Gasteiger partial charge on any atom is 0.119 e. The predicted octanol–water partition coefficient (Wildman–Crippen LogP) is 3.72. The molecular weight excluding hydrogens is 252 g/mol. The Bertz CT molecular complexity index is 517. The van der Waals surface area contributed by atoms with Gasteiger partial charge in [-0.1, -0.05) is 31.2 Å². The van der Waals surface area contributed by atoms with E-state index >= 15 is 0 Å². The highest BCUT2D eigenvalue weighted by atomic mass is 16.5. The summed E-state index contributed by atoms with van der Waals surface area (Å²) in [6.45, 7) is 2.47. The van der Waals surface area contributed by atoms with Crippen molar-refractivity contribution >= 4 is 0 Å². The van der Waals surface area contributed by atoms with Crippen LogP contribution in [0.4, 0.5) is 0 Å². The molecule has 0 unspecified atom stereocenters. The Balaban J connectivity index is 1.93. The summed E-state index contributed by atoms with van der Waals surface area (Å²) >= 11 is 0. The Labute approximate surface area is 119 Å². The largest absolute Gasteiger partial charge is 0.497 e. The molecule has 0 fully saturated rings. The summed E-state index contributed by atoms with van der Waals surface area (Å²) in [5.41, 5.74) is 2.01. The molecule has 2 aromatic rings. The van der Waals surface area contributed by atoms with Crippen LogP contribution in [0, 0.1) is 0 Å². The van der Waals surface area contributed by atoms with Gasteiger partial charge in [-0.05, 0) is 41.8 Å². The van der Waals surface area contributed by atoms with Crippen molar-refractivity contribution in [1.82, 2.24) is 0 Å². The Morgan fingerprint density at radius 1 is 0.950 bits per heavy atom. The second-order valence-electron chi connectivity index (χ2n) is 4.63. The number of methoxy groups -OCH3 is 1. The van der Waals surface area contributed by atoms with Crippen LogP contribution in [0.25, 0.3) is 0 Å². The second kappa shape index (κ2) is 6.96. The molecule has 0 aliphatic heterocycles. The number of aliphatic hydroxyl groups is 1. The van der Waals surface area contributed by atoms with E-state index in [-0.39, 0.29) is 0 Å². The third-order valence-electron chi connectivity index (χ3n) is 3.22. The molecule has 0 aliphatic rings. The lowest BCUT2D eigenvalue weighted by atomic mass is 10.1. The van der Waals surface area contributed by atoms with Gasteiger partial charge in [0.05, 0.1) is 13.2 Å². The van der Waals surface area contributed by atoms with Crippen molar-refractivity contribution in [2.75, 3.05) is 7.11 Å². The van der Waals surface area contributed by atoms with Crippen LogP contribution in [0.3, 0.4) is 0 Å². The SMILES string of the molecule is CC[C@H](O)c1ccc(OCc2ccc(OC)cc2)cc1. The molecule has 0 spiro atoms. The molecule has 0 radical (unpaired) electrons. The molecule has 1 N–H and O–H groups in total. The number of hydrogen-bond donors (Lipinski definition) is 1. The van der Waals surface area contributed by atoms with E-state index in [9.17, 15) is 5.11 Å². The summed E-state index contributed by atoms with van der Waals surface area (Å²) < 4.78 is 10.8. The molecule has 0 aliphatic carbocycles. The number of hydrogen-bond acceptors (Lipinski definition) is 3. The van der Waals surface area contributed by atoms with Gasteiger partial charge in [-0.15, -0.1) is 0 Å². The van der Waals surface area contributed by atoms with E-state index in [4.69, 9.17) is 9.47 Å². The van der Waals surface area contributed by atoms with E-state index < -0.39 is 6.10 Å². The minimum atomic E-state index is -0.398. The fourth-order valence-electron chi connectivity index (χ4n) is 1.91. The molecule has 2 aromatic carbocycles. The van der Waals surface area contributed by atoms with Crippen LogP contribution in [-0.2, 0) is 6.61 Å². The quantitative estimate of drug-likeness (QED) is 0.871. The maximum absolute atomic E-state index is 9.72. The second-order valence-corrected chi connectivity index (χ2v) is 4.63. The first-order chi connectivity index (χ1) is 9.72. The van der Waals surface area contributed by atoms with E-state index in [2.05, 4.69) is 0 Å². The number of ether oxygens (including phenoxy) is 2. The lowest BCUT2D eigenvalue weighted by Crippen LogP contribution is -1.97. The Morgan fingerprint density at radius 2 is 1.55 bits per heavy atom. The Hall–Kier alpha value is -2.00. The van der Waals surface area contributed by atoms with Crippen LogP contribution in [0.1, 0.15) is 30.6 Å². The average Bonchev–Trinajstić information content (AvgIpc) is 2.53. The van der Waals surface area contributed by atoms with Crippen molar-refractivity contribution in [1.29, 1.82) is 0 Å². The summed E-state index contributed by atoms with van der Waals surface area (Å²) in [7, 11) is 1.65. The third-order valence-corrected chi connectivity index (χ3v) is 3.22.